The molecule has 37 heavy (non-hydrogen) atoms. The van der Waals surface area contributed by atoms with E-state index in [4.69, 9.17) is 10.5 Å². The van der Waals surface area contributed by atoms with Gasteiger partial charge in [-0.05, 0) is 78.2 Å². The van der Waals surface area contributed by atoms with Crippen LogP contribution in [0.2, 0.25) is 0 Å². The summed E-state index contributed by atoms with van der Waals surface area (Å²) >= 11 is 0. The lowest BCUT2D eigenvalue weighted by Crippen LogP contribution is -2.26. The van der Waals surface area contributed by atoms with E-state index in [0.717, 1.165) is 29.2 Å². The highest BCUT2D eigenvalue weighted by molar-refractivity contribution is 6.05. The Kier molecular flexibility index (Phi) is 6.30. The lowest BCUT2D eigenvalue weighted by atomic mass is 10.1. The van der Waals surface area contributed by atoms with Crippen molar-refractivity contribution >= 4 is 23.4 Å². The van der Waals surface area contributed by atoms with Gasteiger partial charge in [0, 0.05) is 30.6 Å². The molecule has 2 aliphatic carbocycles. The van der Waals surface area contributed by atoms with Crippen LogP contribution in [0, 0.1) is 5.92 Å². The fourth-order valence-corrected chi connectivity index (χ4v) is 5.00. The third kappa shape index (κ3) is 5.47. The summed E-state index contributed by atoms with van der Waals surface area (Å²) in [6, 6.07) is 21.7. The number of anilines is 2. The van der Waals surface area contributed by atoms with E-state index >= 15 is 0 Å². The van der Waals surface area contributed by atoms with Gasteiger partial charge < -0.3 is 21.1 Å². The first kappa shape index (κ1) is 23.6. The summed E-state index contributed by atoms with van der Waals surface area (Å²) in [5.41, 5.74) is 11.9. The lowest BCUT2D eigenvalue weighted by Gasteiger charge is -2.15. The number of carbonyl (C=O) groups excluding carboxylic acids is 2. The number of carbonyl (C=O) groups is 2. The Labute approximate surface area is 217 Å². The van der Waals surface area contributed by atoms with Gasteiger partial charge in [0.15, 0.2) is 0 Å². The van der Waals surface area contributed by atoms with Gasteiger partial charge in [0.05, 0.1) is 11.4 Å². The van der Waals surface area contributed by atoms with E-state index in [0.29, 0.717) is 42.0 Å². The first-order chi connectivity index (χ1) is 18.0. The molecule has 6 rings (SSSR count). The van der Waals surface area contributed by atoms with Gasteiger partial charge in [-0.1, -0.05) is 42.5 Å². The number of benzene rings is 3. The number of para-hydroxylation sites is 2. The minimum atomic E-state index is -0.352. The Balaban J connectivity index is 0.993. The van der Waals surface area contributed by atoms with E-state index < -0.39 is 0 Å². The molecule has 2 atom stereocenters. The summed E-state index contributed by atoms with van der Waals surface area (Å²) in [4.78, 5) is 27.1. The normalized spacial score (nSPS) is 19.8. The highest BCUT2D eigenvalue weighted by Crippen LogP contribution is 2.41. The Morgan fingerprint density at radius 1 is 0.973 bits per heavy atom. The van der Waals surface area contributed by atoms with E-state index in [9.17, 15) is 9.59 Å². The summed E-state index contributed by atoms with van der Waals surface area (Å²) in [6.07, 6.45) is 3.61. The largest absolute Gasteiger partial charge is 0.445 e. The lowest BCUT2D eigenvalue weighted by molar-refractivity contribution is 0.0955. The van der Waals surface area contributed by atoms with Gasteiger partial charge in [-0.3, -0.25) is 9.69 Å². The van der Waals surface area contributed by atoms with Gasteiger partial charge >= 0.3 is 6.09 Å². The predicted molar refractivity (Wildman–Crippen MR) is 143 cm³/mol. The Morgan fingerprint density at radius 2 is 1.76 bits per heavy atom. The Morgan fingerprint density at radius 3 is 2.54 bits per heavy atom. The second kappa shape index (κ2) is 9.90. The number of nitrogens with zero attached hydrogens (tertiary/aromatic N) is 1. The summed E-state index contributed by atoms with van der Waals surface area (Å²) < 4.78 is 5.60. The third-order valence-electron chi connectivity index (χ3n) is 7.58. The quantitative estimate of drug-likeness (QED) is 0.380. The highest BCUT2D eigenvalue weighted by atomic mass is 16.6. The van der Waals surface area contributed by atoms with Gasteiger partial charge in [0.2, 0.25) is 0 Å². The van der Waals surface area contributed by atoms with Gasteiger partial charge in [-0.25, -0.2) is 4.79 Å². The molecule has 0 bridgehead atoms. The number of ether oxygens (including phenoxy) is 1. The molecule has 2 amide bonds. The maximum atomic E-state index is 12.7. The molecule has 2 fully saturated rings. The number of hydrogen-bond donors (Lipinski definition) is 3. The molecular weight excluding hydrogens is 464 g/mol. The van der Waals surface area contributed by atoms with Crippen LogP contribution in [0.1, 0.15) is 57.8 Å². The first-order valence-corrected chi connectivity index (χ1v) is 13.0. The molecule has 1 unspecified atom stereocenters. The van der Waals surface area contributed by atoms with Crippen molar-refractivity contribution in [2.24, 2.45) is 5.92 Å². The summed E-state index contributed by atoms with van der Waals surface area (Å²) in [5.74, 6) is 1.28. The molecule has 7 nitrogen and oxygen atoms in total. The Hall–Kier alpha value is -3.84. The van der Waals surface area contributed by atoms with Crippen LogP contribution in [0.25, 0.3) is 0 Å². The molecule has 1 aliphatic heterocycles. The van der Waals surface area contributed by atoms with E-state index in [1.54, 1.807) is 23.1 Å². The minimum absolute atomic E-state index is 0.235. The average molecular weight is 497 g/mol. The SMILES string of the molecule is Nc1ccccc1NC(=O)c1ccc2c(c1)CN(C(=O)OCc1ccc([C@H]3CC3NCC3CC3)cc1)C2. The van der Waals surface area contributed by atoms with Crippen LogP contribution in [-0.2, 0) is 24.4 Å². The number of nitrogens with two attached hydrogens (primary N) is 1. The maximum absolute atomic E-state index is 12.7. The van der Waals surface area contributed by atoms with Crippen LogP contribution in [0.5, 0.6) is 0 Å². The zero-order chi connectivity index (χ0) is 25.4. The van der Waals surface area contributed by atoms with Crippen LogP contribution < -0.4 is 16.4 Å². The molecule has 0 radical (unpaired) electrons. The minimum Gasteiger partial charge on any atom is -0.445 e. The second-order valence-corrected chi connectivity index (χ2v) is 10.5. The monoisotopic (exact) mass is 496 g/mol. The summed E-state index contributed by atoms with van der Waals surface area (Å²) in [6.45, 7) is 2.29. The highest BCUT2D eigenvalue weighted by Gasteiger charge is 2.38. The maximum Gasteiger partial charge on any atom is 0.410 e. The smallest absolute Gasteiger partial charge is 0.410 e. The number of rotatable bonds is 8. The van der Waals surface area contributed by atoms with E-state index in [-0.39, 0.29) is 18.6 Å². The van der Waals surface area contributed by atoms with Gasteiger partial charge in [-0.15, -0.1) is 0 Å². The molecule has 3 aliphatic rings. The van der Waals surface area contributed by atoms with Crippen molar-refractivity contribution in [1.29, 1.82) is 0 Å². The number of hydrogen-bond acceptors (Lipinski definition) is 5. The third-order valence-corrected chi connectivity index (χ3v) is 7.58. The molecule has 3 aromatic carbocycles. The standard InChI is InChI=1S/C30H32N4O3/c31-26-3-1-2-4-27(26)33-29(35)22-11-12-23-16-34(17-24(23)13-22)30(36)37-18-20-7-9-21(10-8-20)25-14-28(25)32-15-19-5-6-19/h1-4,7-13,19,25,28,32H,5-6,14-18,31H2,(H,33,35)/t25-,28?/m1/s1. The molecule has 1 heterocycles. The first-order valence-electron chi connectivity index (χ1n) is 13.0. The van der Waals surface area contributed by atoms with Gasteiger partial charge in [-0.2, -0.15) is 0 Å². The van der Waals surface area contributed by atoms with Gasteiger partial charge in [0.25, 0.3) is 5.91 Å². The zero-order valence-corrected chi connectivity index (χ0v) is 20.8. The molecule has 3 aromatic rings. The van der Waals surface area contributed by atoms with Crippen molar-refractivity contribution in [2.75, 3.05) is 17.6 Å². The van der Waals surface area contributed by atoms with Crippen molar-refractivity contribution in [3.63, 3.8) is 0 Å². The molecule has 2 saturated carbocycles. The fraction of sp³-hybridized carbons (Fsp3) is 0.333. The van der Waals surface area contributed by atoms with Crippen molar-refractivity contribution < 1.29 is 14.3 Å². The van der Waals surface area contributed by atoms with E-state index in [2.05, 4.69) is 34.9 Å². The molecule has 0 aromatic heterocycles. The van der Waals surface area contributed by atoms with E-state index in [1.807, 2.05) is 24.3 Å². The van der Waals surface area contributed by atoms with Crippen LogP contribution in [0.15, 0.2) is 66.7 Å². The Bertz CT molecular complexity index is 1320. The molecule has 7 heteroatoms. The molecule has 190 valence electrons. The molecular formula is C30H32N4O3. The number of fused-ring (bicyclic) bond motifs is 1. The number of nitrogens with one attached hydrogen (secondary N) is 2. The van der Waals surface area contributed by atoms with Crippen molar-refractivity contribution in [1.82, 2.24) is 10.2 Å². The number of nitrogen functional groups attached to an aromatic ring is 1. The topological polar surface area (TPSA) is 96.7 Å². The summed E-state index contributed by atoms with van der Waals surface area (Å²) in [5, 5.41) is 6.53. The second-order valence-electron chi connectivity index (χ2n) is 10.5. The summed E-state index contributed by atoms with van der Waals surface area (Å²) in [7, 11) is 0. The van der Waals surface area contributed by atoms with Crippen molar-refractivity contribution in [3.05, 3.63) is 94.5 Å². The molecule has 4 N–H and O–H groups in total. The van der Waals surface area contributed by atoms with Gasteiger partial charge in [0.1, 0.15) is 6.61 Å². The fourth-order valence-electron chi connectivity index (χ4n) is 5.00. The molecule has 0 saturated heterocycles. The van der Waals surface area contributed by atoms with Crippen LogP contribution in [0.4, 0.5) is 16.2 Å². The van der Waals surface area contributed by atoms with Crippen LogP contribution >= 0.6 is 0 Å². The van der Waals surface area contributed by atoms with E-state index in [1.165, 1.54) is 24.8 Å². The van der Waals surface area contributed by atoms with Crippen molar-refractivity contribution in [2.45, 2.75) is 50.9 Å². The van der Waals surface area contributed by atoms with Crippen LogP contribution in [0.3, 0.4) is 0 Å². The number of amides is 2. The average Bonchev–Trinajstić information content (AvgIpc) is 3.84. The van der Waals surface area contributed by atoms with Crippen molar-refractivity contribution in [3.8, 4) is 0 Å². The molecule has 0 spiro atoms. The predicted octanol–water partition coefficient (Wildman–Crippen LogP) is 5.03. The zero-order valence-electron chi connectivity index (χ0n) is 20.8. The van der Waals surface area contributed by atoms with Crippen LogP contribution in [-0.4, -0.2) is 29.5 Å².